The van der Waals surface area contributed by atoms with Gasteiger partial charge in [-0.3, -0.25) is 9.48 Å². The predicted molar refractivity (Wildman–Crippen MR) is 362 cm³/mol. The number of ether oxygens (including phenoxy) is 2. The van der Waals surface area contributed by atoms with Crippen LogP contribution in [0.5, 0.6) is 23.0 Å². The Morgan fingerprint density at radius 3 is 1.15 bits per heavy atom. The molecule has 3 N–H and O–H groups in total. The molecule has 101 heavy (non-hydrogen) atoms. The third-order valence-electron chi connectivity index (χ3n) is 16.7. The summed E-state index contributed by atoms with van der Waals surface area (Å²) in [7, 11) is -37.9. The predicted octanol–water partition coefficient (Wildman–Crippen LogP) is 12.3. The van der Waals surface area contributed by atoms with Gasteiger partial charge < -0.3 is 74.4 Å². The Balaban J connectivity index is 0.918. The van der Waals surface area contributed by atoms with Gasteiger partial charge in [0.05, 0.1) is 11.3 Å². The molecule has 6 fully saturated rings. The second kappa shape index (κ2) is 32.3. The van der Waals surface area contributed by atoms with Crippen molar-refractivity contribution in [2.45, 2.75) is 131 Å². The topological polar surface area (TPSA) is 588 Å². The van der Waals surface area contributed by atoms with Gasteiger partial charge in [0.25, 0.3) is 0 Å². The number of esters is 1. The van der Waals surface area contributed by atoms with Crippen molar-refractivity contribution in [1.29, 1.82) is 0 Å². The molecule has 4 aromatic rings. The summed E-state index contributed by atoms with van der Waals surface area (Å²) in [5.74, 6) is -0.762. The van der Waals surface area contributed by atoms with Crippen LogP contribution in [0.2, 0.25) is 48.4 Å². The number of amides is 1. The molecule has 12 rings (SSSR count). The van der Waals surface area contributed by atoms with E-state index >= 15 is 0 Å². The minimum absolute atomic E-state index is 0.0367. The van der Waals surface area contributed by atoms with Crippen molar-refractivity contribution in [3.8, 4) is 23.0 Å². The summed E-state index contributed by atoms with van der Waals surface area (Å²) in [6.45, 7) is -0.500. The average molecular weight is 1530 g/mol. The van der Waals surface area contributed by atoms with Gasteiger partial charge in [0.1, 0.15) is 23.0 Å². The molecule has 1 aromatic heterocycles. The molecule has 8 aliphatic heterocycles. The number of aromatic nitrogens is 3. The highest BCUT2D eigenvalue weighted by atomic mass is 28.6. The highest BCUT2D eigenvalue weighted by Crippen LogP contribution is 2.59. The van der Waals surface area contributed by atoms with Crippen LogP contribution < -0.4 is 10.1 Å². The zero-order valence-electron chi connectivity index (χ0n) is 54.0. The number of nitrogens with zero attached hydrogens (tertiary/aromatic N) is 24. The molecule has 8 aliphatic rings. The summed E-state index contributed by atoms with van der Waals surface area (Å²) in [4.78, 5) is 48.2. The largest absolute Gasteiger partial charge is 0.508 e. The quantitative estimate of drug-likeness (QED) is 0.00942. The fourth-order valence-electron chi connectivity index (χ4n) is 12.9. The molecule has 532 valence electrons. The number of carbonyl (C=O) groups excluding carboxylic acids is 2. The molecular weight excluding hydrogens is 1460 g/mol. The van der Waals surface area contributed by atoms with Crippen molar-refractivity contribution in [1.82, 2.24) is 15.0 Å². The molecule has 0 saturated carbocycles. The third kappa shape index (κ3) is 16.9. The Morgan fingerprint density at radius 1 is 0.465 bits per heavy atom. The van der Waals surface area contributed by atoms with Crippen molar-refractivity contribution >= 4 is 88.0 Å². The number of aromatic hydroxyl groups is 2. The lowest BCUT2D eigenvalue weighted by Gasteiger charge is -2.63. The summed E-state index contributed by atoms with van der Waals surface area (Å²) < 4.78 is 105. The number of phenolic OH excluding ortho intramolecular Hbond substituents is 2. The SMILES string of the molecule is [N-]=[N+]=NCCC[Si]12O[Si]3(CCCN=[N+]=[N-])O[Si]4(CCCN=[N+]=[N-])O[Si](CCCN=[N+]=[N-])(O1)O[Si]1(CCCN=[N+]=[N-])O[Si](CCCN=[N+]=[N-])(O2)O[Si](CCCN=[N+]=[N-])(O3)O[Si](CCCn2cc(CCCC(=O)Nc3ccc5c(c3)C(=O)OC53c5ccc(O)cc5Oc5cc(O)ccc53)nn2)(O4)O1. The molecule has 0 radical (unpaired) electrons. The van der Waals surface area contributed by atoms with E-state index in [-0.39, 0.29) is 193 Å². The first kappa shape index (κ1) is 73.8. The van der Waals surface area contributed by atoms with Crippen LogP contribution in [0.3, 0.4) is 0 Å². The molecule has 43 nitrogen and oxygen atoms in total. The highest BCUT2D eigenvalue weighted by molar-refractivity contribution is 7.03. The maximum atomic E-state index is 13.8. The first-order valence-corrected chi connectivity index (χ1v) is 47.8. The van der Waals surface area contributed by atoms with Crippen LogP contribution in [0.4, 0.5) is 5.69 Å². The molecule has 51 heteroatoms. The highest BCUT2D eigenvalue weighted by Gasteiger charge is 2.83. The summed E-state index contributed by atoms with van der Waals surface area (Å²) in [5, 5.41) is 59.1. The molecule has 0 unspecified atom stereocenters. The van der Waals surface area contributed by atoms with Gasteiger partial charge in [0.2, 0.25) is 5.91 Å². The fourth-order valence-corrected chi connectivity index (χ4v) is 63.2. The van der Waals surface area contributed by atoms with Crippen LogP contribution in [0.15, 0.2) is 96.6 Å². The smallest absolute Gasteiger partial charge is 0.478 e. The van der Waals surface area contributed by atoms with E-state index in [4.69, 9.17) is 58.9 Å². The molecule has 9 heterocycles. The van der Waals surface area contributed by atoms with Crippen LogP contribution in [-0.2, 0) is 77.5 Å². The van der Waals surface area contributed by atoms with Crippen LogP contribution in [0.25, 0.3) is 73.1 Å². The number of hydrogen-bond donors (Lipinski definition) is 3. The number of fused-ring (bicyclic) bond motifs is 6. The van der Waals surface area contributed by atoms with E-state index in [1.807, 2.05) is 0 Å². The van der Waals surface area contributed by atoms with Gasteiger partial charge in [-0.2, -0.15) is 0 Å². The Bertz CT molecular complexity index is 3870. The number of benzene rings is 3. The maximum absolute atomic E-state index is 13.8. The Hall–Kier alpha value is -8.43. The van der Waals surface area contributed by atoms with Crippen LogP contribution in [0.1, 0.15) is 97.0 Å². The molecule has 3 aromatic carbocycles. The van der Waals surface area contributed by atoms with E-state index in [0.29, 0.717) is 40.9 Å². The zero-order valence-corrected chi connectivity index (χ0v) is 62.0. The van der Waals surface area contributed by atoms with Gasteiger partial charge in [0, 0.05) is 182 Å². The zero-order chi connectivity index (χ0) is 71.1. The number of azide groups is 7. The second-order valence-corrected chi connectivity index (χ2v) is 48.6. The van der Waals surface area contributed by atoms with Crippen molar-refractivity contribution in [2.24, 2.45) is 35.8 Å². The molecule has 1 amide bonds. The standard InChI is InChI=1S/C50H67N25O18Si8/c51-67-58-18-2-26-94-82-95(27-3-19-59-68-52)85-98(30-6-22-62-71-55)87-96(83-94,28-4-20-60-69-53)89-100(32-8-24-64-73-57)90-97(84-94,29-5-21-61-70-54)88-99(86-95,31-7-23-63-72-56)92-101(91-98,93-100)33-9-25-75-37-39(66-74-75)10-1-11-48(78)65-38-12-15-43-42(34-38)49(79)81-50(43)44-16-13-40(76)35-46(44)80-47-36-41(77)14-17-45(47)50/h12-17,34-37,76-77H,1-11,18-33H2,(H,65,78). The van der Waals surface area contributed by atoms with Gasteiger partial charge in [0.15, 0.2) is 5.60 Å². The number of phenols is 2. The number of nitrogens with one attached hydrogen (secondary N) is 1. The number of hydrogen-bond acceptors (Lipinski definition) is 27. The van der Waals surface area contributed by atoms with Crippen molar-refractivity contribution < 1.29 is 78.7 Å². The minimum Gasteiger partial charge on any atom is -0.508 e. The lowest BCUT2D eigenvalue weighted by Crippen LogP contribution is -2.88. The number of carbonyl (C=O) groups is 2. The fraction of sp³-hybridized carbons (Fsp3) is 0.560. The molecule has 6 saturated heterocycles. The van der Waals surface area contributed by atoms with E-state index < -0.39 is 82.0 Å². The molecule has 0 atom stereocenters. The van der Waals surface area contributed by atoms with E-state index in [1.165, 1.54) is 30.3 Å². The number of rotatable bonds is 37. The van der Waals surface area contributed by atoms with Gasteiger partial charge in [-0.15, -0.1) is 5.10 Å². The van der Waals surface area contributed by atoms with Crippen molar-refractivity contribution in [3.05, 3.63) is 162 Å². The first-order valence-electron chi connectivity index (χ1n) is 32.3. The molecule has 1 spiro atoms. The van der Waals surface area contributed by atoms with Gasteiger partial charge >= 0.3 is 76.4 Å². The molecule has 8 bridgehead atoms. The monoisotopic (exact) mass is 1530 g/mol. The summed E-state index contributed by atoms with van der Waals surface area (Å²) in [6.07, 6.45) is 3.00. The Morgan fingerprint density at radius 2 is 0.802 bits per heavy atom. The summed E-state index contributed by atoms with van der Waals surface area (Å²) in [6, 6.07) is 12.7. The summed E-state index contributed by atoms with van der Waals surface area (Å²) in [5.41, 5.74) is 67.6. The maximum Gasteiger partial charge on any atom is 0.478 e. The minimum atomic E-state index is -4.78. The van der Waals surface area contributed by atoms with Crippen LogP contribution in [0, 0.1) is 0 Å². The summed E-state index contributed by atoms with van der Waals surface area (Å²) >= 11 is 0. The van der Waals surface area contributed by atoms with E-state index in [0.717, 1.165) is 0 Å². The van der Waals surface area contributed by atoms with Gasteiger partial charge in [-0.25, -0.2) is 4.79 Å². The molecule has 0 aliphatic carbocycles. The molecular formula is C50H67N25O18Si8. The van der Waals surface area contributed by atoms with E-state index in [1.54, 1.807) is 35.1 Å². The van der Waals surface area contributed by atoms with Gasteiger partial charge in [-0.1, -0.05) is 47.1 Å². The van der Waals surface area contributed by atoms with Crippen molar-refractivity contribution in [2.75, 3.05) is 51.1 Å². The van der Waals surface area contributed by atoms with Crippen LogP contribution in [-0.4, -0.2) is 153 Å². The van der Waals surface area contributed by atoms with Gasteiger partial charge in [-0.05, 0) is 139 Å². The second-order valence-electron chi connectivity index (χ2n) is 23.9. The average Bonchev–Trinajstić information content (AvgIpc) is 1.68. The number of aryl methyl sites for hydroxylation is 2. The third-order valence-corrected chi connectivity index (χ3v) is 54.3. The van der Waals surface area contributed by atoms with E-state index in [9.17, 15) is 58.5 Å². The normalized spacial score (nSPS) is 27.1. The number of anilines is 1. The first-order chi connectivity index (χ1) is 48.9. The Labute approximate surface area is 581 Å². The van der Waals surface area contributed by atoms with Crippen molar-refractivity contribution in [3.63, 3.8) is 0 Å². The van der Waals surface area contributed by atoms with Crippen LogP contribution >= 0.6 is 0 Å². The lowest BCUT2D eigenvalue weighted by molar-refractivity contribution is -0.116. The Kier molecular flexibility index (Phi) is 23.6. The van der Waals surface area contributed by atoms with E-state index in [2.05, 4.69) is 85.8 Å². The lowest BCUT2D eigenvalue weighted by atomic mass is 9.77.